The van der Waals surface area contributed by atoms with Crippen LogP contribution in [0.1, 0.15) is 50.2 Å². The lowest BCUT2D eigenvalue weighted by molar-refractivity contribution is -0.122. The number of amides is 3. The molecule has 0 atom stereocenters. The molecular weight excluding hydrogens is 494 g/mol. The number of nitrogens with one attached hydrogen (secondary N) is 1. The van der Waals surface area contributed by atoms with Crippen LogP contribution in [-0.4, -0.2) is 27.7 Å². The van der Waals surface area contributed by atoms with Crippen LogP contribution in [-0.2, 0) is 22.6 Å². The van der Waals surface area contributed by atoms with E-state index < -0.39 is 0 Å². The van der Waals surface area contributed by atoms with Crippen molar-refractivity contribution in [2.75, 3.05) is 4.90 Å². The van der Waals surface area contributed by atoms with Crippen molar-refractivity contribution in [3.05, 3.63) is 69.7 Å². The van der Waals surface area contributed by atoms with Crippen molar-refractivity contribution in [2.45, 2.75) is 58.0 Å². The second-order valence-electron chi connectivity index (χ2n) is 9.28. The molecule has 2 fully saturated rings. The quantitative estimate of drug-likeness (QED) is 0.373. The maximum absolute atomic E-state index is 13.2. The zero-order valence-corrected chi connectivity index (χ0v) is 21.7. The number of hydrogen-bond donors (Lipinski definition) is 1. The smallest absolute Gasteiger partial charge is 0.298 e. The number of aryl methyl sites for hydroxylation is 1. The number of halogens is 1. The van der Waals surface area contributed by atoms with Crippen LogP contribution < -0.4 is 10.2 Å². The van der Waals surface area contributed by atoms with Crippen molar-refractivity contribution in [1.29, 1.82) is 0 Å². The normalized spacial score (nSPS) is 17.9. The van der Waals surface area contributed by atoms with Gasteiger partial charge in [0.2, 0.25) is 5.91 Å². The molecule has 3 amide bonds. The number of imide groups is 1. The number of carbonyl (C=O) groups is 3. The number of benzene rings is 2. The molecule has 8 heteroatoms. The Labute approximate surface area is 219 Å². The summed E-state index contributed by atoms with van der Waals surface area (Å²) < 4.78 is 1.97. The molecule has 0 radical (unpaired) electrons. The van der Waals surface area contributed by atoms with Gasteiger partial charge >= 0.3 is 0 Å². The highest BCUT2D eigenvalue weighted by Gasteiger charge is 2.36. The Morgan fingerprint density at radius 3 is 2.67 bits per heavy atom. The van der Waals surface area contributed by atoms with Crippen molar-refractivity contribution >= 4 is 63.1 Å². The third-order valence-corrected chi connectivity index (χ3v) is 7.93. The monoisotopic (exact) mass is 521 g/mol. The average molecular weight is 522 g/mol. The van der Waals surface area contributed by atoms with Crippen LogP contribution in [0.5, 0.6) is 0 Å². The number of rotatable bonds is 6. The first kappa shape index (κ1) is 24.7. The molecule has 1 saturated carbocycles. The Bertz CT molecular complexity index is 1370. The summed E-state index contributed by atoms with van der Waals surface area (Å²) in [5, 5.41) is 4.24. The molecule has 5 rings (SSSR count). The molecule has 6 nitrogen and oxygen atoms in total. The first-order chi connectivity index (χ1) is 17.4. The van der Waals surface area contributed by atoms with E-state index in [4.69, 9.17) is 11.6 Å². The first-order valence-corrected chi connectivity index (χ1v) is 13.6. The molecule has 1 aliphatic heterocycles. The Hall–Kier alpha value is -3.03. The Morgan fingerprint density at radius 2 is 1.92 bits per heavy atom. The zero-order chi connectivity index (χ0) is 25.2. The minimum Gasteiger partial charge on any atom is -0.352 e. The average Bonchev–Trinajstić information content (AvgIpc) is 3.35. The molecule has 1 N–H and O–H groups in total. The van der Waals surface area contributed by atoms with E-state index in [2.05, 4.69) is 18.3 Å². The third kappa shape index (κ3) is 4.95. The summed E-state index contributed by atoms with van der Waals surface area (Å²) in [7, 11) is 0. The Kier molecular flexibility index (Phi) is 7.21. The molecule has 0 bridgehead atoms. The number of thioether (sulfide) groups is 1. The lowest BCUT2D eigenvalue weighted by atomic mass is 9.95. The number of carbonyl (C=O) groups excluding carboxylic acids is 3. The lowest BCUT2D eigenvalue weighted by Gasteiger charge is -2.23. The lowest BCUT2D eigenvalue weighted by Crippen LogP contribution is -2.38. The van der Waals surface area contributed by atoms with E-state index in [1.165, 1.54) is 6.42 Å². The van der Waals surface area contributed by atoms with Gasteiger partial charge in [-0.2, -0.15) is 0 Å². The van der Waals surface area contributed by atoms with E-state index in [0.29, 0.717) is 15.6 Å². The highest BCUT2D eigenvalue weighted by atomic mass is 35.5. The summed E-state index contributed by atoms with van der Waals surface area (Å²) in [5.74, 6) is -0.382. The molecule has 1 aromatic heterocycles. The van der Waals surface area contributed by atoms with E-state index in [-0.39, 0.29) is 29.6 Å². The summed E-state index contributed by atoms with van der Waals surface area (Å²) in [5.41, 5.74) is 3.37. The van der Waals surface area contributed by atoms with Gasteiger partial charge < -0.3 is 9.88 Å². The minimum absolute atomic E-state index is 0.00228. The van der Waals surface area contributed by atoms with Gasteiger partial charge in [0.25, 0.3) is 11.1 Å². The standard InChI is InChI=1S/C28H28ClN3O3S/c1-2-18-8-6-13-23-19(16-31(26(18)23)17-25(33)30-21-10-4-3-5-11-21)14-24-27(34)32(28(35)36-24)22-12-7-9-20(29)15-22/h6-9,12-16,21H,2-5,10-11,17H2,1H3,(H,30,33)/b24-14-. The van der Waals surface area contributed by atoms with E-state index >= 15 is 0 Å². The summed E-state index contributed by atoms with van der Waals surface area (Å²) in [6.07, 6.45) is 10.1. The number of hydrogen-bond acceptors (Lipinski definition) is 4. The highest BCUT2D eigenvalue weighted by molar-refractivity contribution is 8.19. The molecule has 1 aliphatic carbocycles. The molecular formula is C28H28ClN3O3S. The zero-order valence-electron chi connectivity index (χ0n) is 20.1. The largest absolute Gasteiger partial charge is 0.352 e. The second kappa shape index (κ2) is 10.5. The van der Waals surface area contributed by atoms with Crippen molar-refractivity contribution in [3.63, 3.8) is 0 Å². The molecule has 2 aromatic carbocycles. The van der Waals surface area contributed by atoms with Gasteiger partial charge in [0.1, 0.15) is 6.54 Å². The predicted octanol–water partition coefficient (Wildman–Crippen LogP) is 6.55. The van der Waals surface area contributed by atoms with Gasteiger partial charge in [0, 0.05) is 28.2 Å². The topological polar surface area (TPSA) is 71.4 Å². The fraction of sp³-hybridized carbons (Fsp3) is 0.321. The van der Waals surface area contributed by atoms with E-state index in [9.17, 15) is 14.4 Å². The molecule has 186 valence electrons. The van der Waals surface area contributed by atoms with Gasteiger partial charge in [-0.15, -0.1) is 0 Å². The van der Waals surface area contributed by atoms with Gasteiger partial charge in [-0.05, 0) is 60.9 Å². The van der Waals surface area contributed by atoms with Crippen molar-refractivity contribution in [2.24, 2.45) is 0 Å². The SMILES string of the molecule is CCc1cccc2c(/C=C3\SC(=O)N(c4cccc(Cl)c4)C3=O)cn(CC(=O)NC3CCCCC3)c12. The van der Waals surface area contributed by atoms with Crippen LogP contribution in [0.4, 0.5) is 10.5 Å². The molecule has 3 aromatic rings. The van der Waals surface area contributed by atoms with Crippen molar-refractivity contribution in [3.8, 4) is 0 Å². The molecule has 2 aliphatic rings. The maximum Gasteiger partial charge on any atom is 0.298 e. The summed E-state index contributed by atoms with van der Waals surface area (Å²) in [6.45, 7) is 2.30. The number of aromatic nitrogens is 1. The second-order valence-corrected chi connectivity index (χ2v) is 10.7. The van der Waals surface area contributed by atoms with Crippen molar-refractivity contribution in [1.82, 2.24) is 9.88 Å². The molecule has 0 spiro atoms. The number of fused-ring (bicyclic) bond motifs is 1. The number of nitrogens with zero attached hydrogens (tertiary/aromatic N) is 2. The maximum atomic E-state index is 13.2. The third-order valence-electron chi connectivity index (χ3n) is 6.82. The molecule has 0 unspecified atom stereocenters. The van der Waals surface area contributed by atoms with Crippen LogP contribution in [0.3, 0.4) is 0 Å². The van der Waals surface area contributed by atoms with Gasteiger partial charge in [0.05, 0.1) is 16.1 Å². The predicted molar refractivity (Wildman–Crippen MR) is 146 cm³/mol. The highest BCUT2D eigenvalue weighted by Crippen LogP contribution is 2.38. The van der Waals surface area contributed by atoms with Crippen LogP contribution >= 0.6 is 23.4 Å². The summed E-state index contributed by atoms with van der Waals surface area (Å²) in [4.78, 5) is 40.3. The fourth-order valence-corrected chi connectivity index (χ4v) is 6.13. The molecule has 1 saturated heterocycles. The molecule has 2 heterocycles. The Balaban J connectivity index is 1.47. The fourth-order valence-electron chi connectivity index (χ4n) is 5.11. The van der Waals surface area contributed by atoms with Gasteiger partial charge in [0.15, 0.2) is 0 Å². The van der Waals surface area contributed by atoms with Crippen LogP contribution in [0.2, 0.25) is 5.02 Å². The van der Waals surface area contributed by atoms with Gasteiger partial charge in [-0.25, -0.2) is 4.90 Å². The van der Waals surface area contributed by atoms with Crippen LogP contribution in [0.25, 0.3) is 17.0 Å². The van der Waals surface area contributed by atoms with Crippen LogP contribution in [0.15, 0.2) is 53.6 Å². The van der Waals surface area contributed by atoms with E-state index in [1.54, 1.807) is 30.3 Å². The van der Waals surface area contributed by atoms with Crippen molar-refractivity contribution < 1.29 is 14.4 Å². The van der Waals surface area contributed by atoms with Gasteiger partial charge in [-0.3, -0.25) is 14.4 Å². The summed E-state index contributed by atoms with van der Waals surface area (Å²) in [6, 6.07) is 13.0. The summed E-state index contributed by atoms with van der Waals surface area (Å²) >= 11 is 6.99. The Morgan fingerprint density at radius 1 is 1.14 bits per heavy atom. The number of anilines is 1. The first-order valence-electron chi connectivity index (χ1n) is 12.4. The number of para-hydroxylation sites is 1. The van der Waals surface area contributed by atoms with Crippen LogP contribution in [0, 0.1) is 0 Å². The van der Waals surface area contributed by atoms with Gasteiger partial charge in [-0.1, -0.05) is 62.1 Å². The molecule has 36 heavy (non-hydrogen) atoms. The van der Waals surface area contributed by atoms with E-state index in [1.807, 2.05) is 22.9 Å². The minimum atomic E-state index is -0.380. The van der Waals surface area contributed by atoms with E-state index in [0.717, 1.165) is 70.8 Å².